The molecule has 0 saturated carbocycles. The SMILES string of the molecule is CCc1cccc2[nH]c(C(C)C)nc12. The van der Waals surface area contributed by atoms with Crippen molar-refractivity contribution in [3.05, 3.63) is 29.6 Å². The zero-order chi connectivity index (χ0) is 10.1. The van der Waals surface area contributed by atoms with Crippen LogP contribution in [-0.2, 0) is 6.42 Å². The van der Waals surface area contributed by atoms with Crippen LogP contribution in [0.4, 0.5) is 0 Å². The number of fused-ring (bicyclic) bond motifs is 1. The molecule has 0 aliphatic rings. The second kappa shape index (κ2) is 3.45. The first-order valence-corrected chi connectivity index (χ1v) is 5.20. The van der Waals surface area contributed by atoms with Crippen molar-refractivity contribution in [1.82, 2.24) is 9.97 Å². The topological polar surface area (TPSA) is 28.7 Å². The Morgan fingerprint density at radius 1 is 1.36 bits per heavy atom. The van der Waals surface area contributed by atoms with Crippen LogP contribution < -0.4 is 0 Å². The Hall–Kier alpha value is -1.31. The van der Waals surface area contributed by atoms with E-state index in [1.54, 1.807) is 0 Å². The van der Waals surface area contributed by atoms with Gasteiger partial charge in [-0.25, -0.2) is 4.98 Å². The summed E-state index contributed by atoms with van der Waals surface area (Å²) in [6, 6.07) is 6.32. The predicted molar refractivity (Wildman–Crippen MR) is 59.6 cm³/mol. The maximum Gasteiger partial charge on any atom is 0.109 e. The van der Waals surface area contributed by atoms with E-state index in [-0.39, 0.29) is 0 Å². The smallest absolute Gasteiger partial charge is 0.109 e. The summed E-state index contributed by atoms with van der Waals surface area (Å²) < 4.78 is 0. The Kier molecular flexibility index (Phi) is 2.28. The van der Waals surface area contributed by atoms with Crippen LogP contribution >= 0.6 is 0 Å². The van der Waals surface area contributed by atoms with Crippen LogP contribution in [0, 0.1) is 0 Å². The summed E-state index contributed by atoms with van der Waals surface area (Å²) in [5, 5.41) is 0. The van der Waals surface area contributed by atoms with Crippen LogP contribution in [0.25, 0.3) is 11.0 Å². The van der Waals surface area contributed by atoms with Gasteiger partial charge in [-0.2, -0.15) is 0 Å². The van der Waals surface area contributed by atoms with E-state index in [0.717, 1.165) is 23.3 Å². The standard InChI is InChI=1S/C12H16N2/c1-4-9-6-5-7-10-11(9)14-12(13-10)8(2)3/h5-8H,4H2,1-3H3,(H,13,14). The fourth-order valence-corrected chi connectivity index (χ4v) is 1.67. The highest BCUT2D eigenvalue weighted by Gasteiger charge is 2.07. The molecule has 0 unspecified atom stereocenters. The van der Waals surface area contributed by atoms with Gasteiger partial charge in [0, 0.05) is 5.92 Å². The minimum atomic E-state index is 0.465. The lowest BCUT2D eigenvalue weighted by molar-refractivity contribution is 0.799. The summed E-state index contributed by atoms with van der Waals surface area (Å²) in [4.78, 5) is 7.99. The number of nitrogens with one attached hydrogen (secondary N) is 1. The molecular formula is C12H16N2. The van der Waals surface area contributed by atoms with Crippen molar-refractivity contribution in [3.8, 4) is 0 Å². The van der Waals surface area contributed by atoms with Gasteiger partial charge in [-0.1, -0.05) is 32.9 Å². The van der Waals surface area contributed by atoms with Gasteiger partial charge in [0.05, 0.1) is 11.0 Å². The average molecular weight is 188 g/mol. The molecule has 0 fully saturated rings. The highest BCUT2D eigenvalue weighted by molar-refractivity contribution is 5.78. The number of aryl methyl sites for hydroxylation is 1. The third-order valence-electron chi connectivity index (χ3n) is 2.54. The molecule has 2 nitrogen and oxygen atoms in total. The number of nitrogens with zero attached hydrogens (tertiary/aromatic N) is 1. The molecule has 0 aliphatic heterocycles. The van der Waals surface area contributed by atoms with Crippen LogP contribution in [0.5, 0.6) is 0 Å². The number of imidazole rings is 1. The van der Waals surface area contributed by atoms with Gasteiger partial charge in [-0.05, 0) is 18.1 Å². The highest BCUT2D eigenvalue weighted by Crippen LogP contribution is 2.20. The second-order valence-electron chi connectivity index (χ2n) is 3.94. The molecule has 0 bridgehead atoms. The lowest BCUT2D eigenvalue weighted by Crippen LogP contribution is -1.88. The first-order chi connectivity index (χ1) is 6.72. The lowest BCUT2D eigenvalue weighted by atomic mass is 10.1. The number of para-hydroxylation sites is 1. The predicted octanol–water partition coefficient (Wildman–Crippen LogP) is 3.25. The Morgan fingerprint density at radius 3 is 2.79 bits per heavy atom. The van der Waals surface area contributed by atoms with E-state index in [4.69, 9.17) is 0 Å². The van der Waals surface area contributed by atoms with Gasteiger partial charge in [-0.15, -0.1) is 0 Å². The van der Waals surface area contributed by atoms with Gasteiger partial charge in [-0.3, -0.25) is 0 Å². The zero-order valence-corrected chi connectivity index (χ0v) is 8.96. The van der Waals surface area contributed by atoms with E-state index >= 15 is 0 Å². The molecule has 1 aromatic heterocycles. The molecule has 74 valence electrons. The fourth-order valence-electron chi connectivity index (χ4n) is 1.67. The molecule has 2 rings (SSSR count). The van der Waals surface area contributed by atoms with Crippen LogP contribution in [-0.4, -0.2) is 9.97 Å². The number of aromatic nitrogens is 2. The molecule has 1 aromatic carbocycles. The third kappa shape index (κ3) is 1.41. The largest absolute Gasteiger partial charge is 0.342 e. The van der Waals surface area contributed by atoms with Gasteiger partial charge >= 0.3 is 0 Å². The molecule has 0 atom stereocenters. The number of benzene rings is 1. The normalized spacial score (nSPS) is 11.4. The van der Waals surface area contributed by atoms with Crippen molar-refractivity contribution in [2.45, 2.75) is 33.1 Å². The molecule has 0 radical (unpaired) electrons. The van der Waals surface area contributed by atoms with Crippen LogP contribution in [0.15, 0.2) is 18.2 Å². The fraction of sp³-hybridized carbons (Fsp3) is 0.417. The number of hydrogen-bond acceptors (Lipinski definition) is 1. The van der Waals surface area contributed by atoms with Crippen molar-refractivity contribution in [2.24, 2.45) is 0 Å². The van der Waals surface area contributed by atoms with Gasteiger partial charge in [0.1, 0.15) is 5.82 Å². The van der Waals surface area contributed by atoms with E-state index in [1.807, 2.05) is 0 Å². The van der Waals surface area contributed by atoms with E-state index < -0.39 is 0 Å². The van der Waals surface area contributed by atoms with E-state index in [1.165, 1.54) is 5.56 Å². The highest BCUT2D eigenvalue weighted by atomic mass is 14.9. The molecule has 14 heavy (non-hydrogen) atoms. The van der Waals surface area contributed by atoms with Crippen molar-refractivity contribution in [3.63, 3.8) is 0 Å². The van der Waals surface area contributed by atoms with Gasteiger partial charge < -0.3 is 4.98 Å². The Morgan fingerprint density at radius 2 is 2.14 bits per heavy atom. The van der Waals surface area contributed by atoms with Crippen molar-refractivity contribution in [1.29, 1.82) is 0 Å². The summed E-state index contributed by atoms with van der Waals surface area (Å²) in [7, 11) is 0. The molecule has 0 spiro atoms. The molecule has 0 saturated heterocycles. The first-order valence-electron chi connectivity index (χ1n) is 5.20. The Labute approximate surface area is 84.4 Å². The van der Waals surface area contributed by atoms with Gasteiger partial charge in [0.15, 0.2) is 0 Å². The molecule has 2 heteroatoms. The monoisotopic (exact) mass is 188 g/mol. The summed E-state index contributed by atoms with van der Waals surface area (Å²) in [5.74, 6) is 1.55. The summed E-state index contributed by atoms with van der Waals surface area (Å²) in [5.41, 5.74) is 3.62. The minimum absolute atomic E-state index is 0.465. The Bertz CT molecular complexity index is 441. The Balaban J connectivity index is 2.64. The van der Waals surface area contributed by atoms with Crippen LogP contribution in [0.2, 0.25) is 0 Å². The molecule has 0 amide bonds. The summed E-state index contributed by atoms with van der Waals surface area (Å²) in [6.45, 7) is 6.48. The zero-order valence-electron chi connectivity index (χ0n) is 8.96. The van der Waals surface area contributed by atoms with E-state index in [2.05, 4.69) is 48.9 Å². The van der Waals surface area contributed by atoms with E-state index in [0.29, 0.717) is 5.92 Å². The minimum Gasteiger partial charge on any atom is -0.342 e. The van der Waals surface area contributed by atoms with Crippen molar-refractivity contribution >= 4 is 11.0 Å². The quantitative estimate of drug-likeness (QED) is 0.770. The number of rotatable bonds is 2. The number of H-pyrrole nitrogens is 1. The van der Waals surface area contributed by atoms with Gasteiger partial charge in [0.2, 0.25) is 0 Å². The average Bonchev–Trinajstić information content (AvgIpc) is 2.60. The maximum atomic E-state index is 4.63. The van der Waals surface area contributed by atoms with Gasteiger partial charge in [0.25, 0.3) is 0 Å². The second-order valence-corrected chi connectivity index (χ2v) is 3.94. The molecule has 2 aromatic rings. The molecule has 1 heterocycles. The van der Waals surface area contributed by atoms with Crippen molar-refractivity contribution < 1.29 is 0 Å². The summed E-state index contributed by atoms with van der Waals surface area (Å²) in [6.07, 6.45) is 1.04. The first kappa shape index (κ1) is 9.25. The van der Waals surface area contributed by atoms with E-state index in [9.17, 15) is 0 Å². The number of hydrogen-bond donors (Lipinski definition) is 1. The lowest BCUT2D eigenvalue weighted by Gasteiger charge is -1.96. The molecule has 1 N–H and O–H groups in total. The maximum absolute atomic E-state index is 4.63. The summed E-state index contributed by atoms with van der Waals surface area (Å²) >= 11 is 0. The van der Waals surface area contributed by atoms with Crippen LogP contribution in [0.1, 0.15) is 38.1 Å². The molecular weight excluding hydrogens is 172 g/mol. The molecule has 0 aliphatic carbocycles. The van der Waals surface area contributed by atoms with Crippen molar-refractivity contribution in [2.75, 3.05) is 0 Å². The van der Waals surface area contributed by atoms with Crippen LogP contribution in [0.3, 0.4) is 0 Å². The third-order valence-corrected chi connectivity index (χ3v) is 2.54. The number of aromatic amines is 1.